The highest BCUT2D eigenvalue weighted by Gasteiger charge is 2.07. The van der Waals surface area contributed by atoms with Crippen molar-refractivity contribution in [1.29, 1.82) is 0 Å². The van der Waals surface area contributed by atoms with E-state index >= 15 is 0 Å². The van der Waals surface area contributed by atoms with Crippen molar-refractivity contribution in [1.82, 2.24) is 5.32 Å². The molecule has 1 amide bonds. The molecule has 0 bridgehead atoms. The van der Waals surface area contributed by atoms with Gasteiger partial charge in [-0.15, -0.1) is 11.6 Å². The van der Waals surface area contributed by atoms with Crippen molar-refractivity contribution in [2.45, 2.75) is 12.5 Å². The Hall–Kier alpha value is -0.540. The van der Waals surface area contributed by atoms with E-state index in [4.69, 9.17) is 16.7 Å². The molecule has 0 aromatic carbocycles. The van der Waals surface area contributed by atoms with Crippen molar-refractivity contribution in [2.75, 3.05) is 12.5 Å². The van der Waals surface area contributed by atoms with Crippen molar-refractivity contribution in [2.24, 2.45) is 0 Å². The van der Waals surface area contributed by atoms with Crippen LogP contribution >= 0.6 is 11.6 Å². The molecule has 1 unspecified atom stereocenters. The summed E-state index contributed by atoms with van der Waals surface area (Å²) in [5, 5.41) is 11.2. The second-order valence-corrected chi connectivity index (χ2v) is 2.45. The molecular weight excluding hydrogens is 166 g/mol. The third-order valence-corrected chi connectivity index (χ3v) is 1.43. The van der Waals surface area contributed by atoms with Crippen LogP contribution in [0.5, 0.6) is 0 Å². The summed E-state index contributed by atoms with van der Waals surface area (Å²) >= 11 is 5.41. The summed E-state index contributed by atoms with van der Waals surface area (Å²) in [6.07, 6.45) is 1.73. The minimum Gasteiger partial charge on any atom is -0.394 e. The predicted molar refractivity (Wildman–Crippen MR) is 44.6 cm³/mol. The molecular formula is C7H12ClNO2. The number of amides is 1. The number of carbonyl (C=O) groups is 1. The van der Waals surface area contributed by atoms with Gasteiger partial charge in [0.25, 0.3) is 0 Å². The Labute approximate surface area is 71.0 Å². The first-order valence-electron chi connectivity index (χ1n) is 3.34. The molecule has 64 valence electrons. The molecule has 0 heterocycles. The van der Waals surface area contributed by atoms with E-state index in [1.54, 1.807) is 0 Å². The average Bonchev–Trinajstić information content (AvgIpc) is 2.03. The zero-order chi connectivity index (χ0) is 8.69. The van der Waals surface area contributed by atoms with Gasteiger partial charge in [-0.2, -0.15) is 0 Å². The molecule has 11 heavy (non-hydrogen) atoms. The van der Waals surface area contributed by atoms with Crippen LogP contribution in [0.2, 0.25) is 0 Å². The van der Waals surface area contributed by atoms with Crippen LogP contribution in [0.3, 0.4) is 0 Å². The molecule has 0 aliphatic heterocycles. The van der Waals surface area contributed by atoms with E-state index in [2.05, 4.69) is 11.9 Å². The van der Waals surface area contributed by atoms with Gasteiger partial charge in [-0.05, 0) is 12.5 Å². The number of alkyl halides is 1. The number of nitrogens with one attached hydrogen (secondary N) is 1. The number of rotatable bonds is 5. The highest BCUT2D eigenvalue weighted by molar-refractivity contribution is 6.17. The lowest BCUT2D eigenvalue weighted by Crippen LogP contribution is -2.36. The van der Waals surface area contributed by atoms with E-state index in [1.807, 2.05) is 0 Å². The molecule has 0 aromatic rings. The van der Waals surface area contributed by atoms with Crippen LogP contribution in [0.25, 0.3) is 0 Å². The highest BCUT2D eigenvalue weighted by atomic mass is 35.5. The van der Waals surface area contributed by atoms with Crippen LogP contribution in [0.4, 0.5) is 0 Å². The van der Waals surface area contributed by atoms with Crippen LogP contribution in [0.15, 0.2) is 12.7 Å². The summed E-state index contributed by atoms with van der Waals surface area (Å²) in [7, 11) is 0. The molecule has 3 nitrogen and oxygen atoms in total. The Bertz CT molecular complexity index is 138. The van der Waals surface area contributed by atoms with Crippen molar-refractivity contribution in [3.8, 4) is 0 Å². The third-order valence-electron chi connectivity index (χ3n) is 1.21. The summed E-state index contributed by atoms with van der Waals surface area (Å²) in [5.41, 5.74) is 0. The van der Waals surface area contributed by atoms with Gasteiger partial charge in [-0.3, -0.25) is 4.79 Å². The first-order chi connectivity index (χ1) is 5.24. The summed E-state index contributed by atoms with van der Waals surface area (Å²) in [6, 6.07) is -0.252. The van der Waals surface area contributed by atoms with E-state index in [1.165, 1.54) is 0 Å². The zero-order valence-corrected chi connectivity index (χ0v) is 6.97. The van der Waals surface area contributed by atoms with Gasteiger partial charge >= 0.3 is 0 Å². The second-order valence-electron chi connectivity index (χ2n) is 2.07. The largest absolute Gasteiger partial charge is 0.394 e. The smallest absolute Gasteiger partial charge is 0.243 e. The van der Waals surface area contributed by atoms with Gasteiger partial charge in [-0.25, -0.2) is 0 Å². The SMILES string of the molecule is C=CC(=O)NC(CO)CCCl. The molecule has 0 radical (unpaired) electrons. The lowest BCUT2D eigenvalue weighted by Gasteiger charge is -2.12. The summed E-state index contributed by atoms with van der Waals surface area (Å²) < 4.78 is 0. The maximum atomic E-state index is 10.7. The van der Waals surface area contributed by atoms with Gasteiger partial charge in [0.2, 0.25) is 5.91 Å². The molecule has 0 rings (SSSR count). The van der Waals surface area contributed by atoms with E-state index < -0.39 is 0 Å². The number of aliphatic hydroxyl groups is 1. The Morgan fingerprint density at radius 2 is 2.45 bits per heavy atom. The minimum atomic E-state index is -0.283. The highest BCUT2D eigenvalue weighted by Crippen LogP contribution is 1.93. The monoisotopic (exact) mass is 177 g/mol. The molecule has 0 aliphatic rings. The molecule has 0 aromatic heterocycles. The quantitative estimate of drug-likeness (QED) is 0.468. The van der Waals surface area contributed by atoms with E-state index in [-0.39, 0.29) is 18.6 Å². The van der Waals surface area contributed by atoms with E-state index in [0.29, 0.717) is 12.3 Å². The van der Waals surface area contributed by atoms with Crippen LogP contribution in [0, 0.1) is 0 Å². The van der Waals surface area contributed by atoms with Gasteiger partial charge in [0.1, 0.15) is 0 Å². The Balaban J connectivity index is 3.67. The second kappa shape index (κ2) is 6.19. The number of carbonyl (C=O) groups excluding carboxylic acids is 1. The number of aliphatic hydroxyl groups excluding tert-OH is 1. The maximum absolute atomic E-state index is 10.7. The minimum absolute atomic E-state index is 0.0910. The van der Waals surface area contributed by atoms with Gasteiger partial charge in [0, 0.05) is 5.88 Å². The van der Waals surface area contributed by atoms with Crippen LogP contribution in [-0.4, -0.2) is 29.5 Å². The molecule has 0 aliphatic carbocycles. The number of hydrogen-bond acceptors (Lipinski definition) is 2. The summed E-state index contributed by atoms with van der Waals surface area (Å²) in [6.45, 7) is 3.19. The standard InChI is InChI=1S/C7H12ClNO2/c1-2-7(11)9-6(5-10)3-4-8/h2,6,10H,1,3-5H2,(H,9,11). The molecule has 0 saturated heterocycles. The van der Waals surface area contributed by atoms with Crippen LogP contribution in [0.1, 0.15) is 6.42 Å². The van der Waals surface area contributed by atoms with Crippen LogP contribution < -0.4 is 5.32 Å². The van der Waals surface area contributed by atoms with Crippen molar-refractivity contribution < 1.29 is 9.90 Å². The zero-order valence-electron chi connectivity index (χ0n) is 6.22. The molecule has 0 spiro atoms. The number of halogens is 1. The van der Waals surface area contributed by atoms with Gasteiger partial charge in [0.15, 0.2) is 0 Å². The van der Waals surface area contributed by atoms with E-state index in [0.717, 1.165) is 6.08 Å². The van der Waals surface area contributed by atoms with Gasteiger partial charge in [0.05, 0.1) is 12.6 Å². The molecule has 4 heteroatoms. The molecule has 0 saturated carbocycles. The topological polar surface area (TPSA) is 49.3 Å². The Morgan fingerprint density at radius 1 is 1.82 bits per heavy atom. The van der Waals surface area contributed by atoms with Crippen LogP contribution in [-0.2, 0) is 4.79 Å². The molecule has 1 atom stereocenters. The predicted octanol–water partition coefficient (Wildman–Crippen LogP) is 0.278. The Kier molecular flexibility index (Phi) is 5.88. The number of hydrogen-bond donors (Lipinski definition) is 2. The fourth-order valence-electron chi connectivity index (χ4n) is 0.601. The fourth-order valence-corrected chi connectivity index (χ4v) is 0.864. The van der Waals surface area contributed by atoms with Gasteiger partial charge in [-0.1, -0.05) is 6.58 Å². The Morgan fingerprint density at radius 3 is 2.82 bits per heavy atom. The van der Waals surface area contributed by atoms with Crippen molar-refractivity contribution in [3.63, 3.8) is 0 Å². The fraction of sp³-hybridized carbons (Fsp3) is 0.571. The molecule has 2 N–H and O–H groups in total. The third kappa shape index (κ3) is 4.81. The maximum Gasteiger partial charge on any atom is 0.243 e. The first kappa shape index (κ1) is 10.5. The normalized spacial score (nSPS) is 12.2. The summed E-state index contributed by atoms with van der Waals surface area (Å²) in [5.74, 6) is 0.136. The first-order valence-corrected chi connectivity index (χ1v) is 3.87. The van der Waals surface area contributed by atoms with Crippen molar-refractivity contribution >= 4 is 17.5 Å². The average molecular weight is 178 g/mol. The lowest BCUT2D eigenvalue weighted by atomic mass is 10.2. The van der Waals surface area contributed by atoms with Gasteiger partial charge < -0.3 is 10.4 Å². The van der Waals surface area contributed by atoms with E-state index in [9.17, 15) is 4.79 Å². The molecule has 0 fully saturated rings. The lowest BCUT2D eigenvalue weighted by molar-refractivity contribution is -0.117. The summed E-state index contributed by atoms with van der Waals surface area (Å²) in [4.78, 5) is 10.7. The van der Waals surface area contributed by atoms with Crippen molar-refractivity contribution in [3.05, 3.63) is 12.7 Å².